The fourth-order valence-electron chi connectivity index (χ4n) is 6.21. The van der Waals surface area contributed by atoms with Gasteiger partial charge in [-0.2, -0.15) is 0 Å². The van der Waals surface area contributed by atoms with Gasteiger partial charge in [0.15, 0.2) is 0 Å². The molecular weight excluding hydrogens is 716 g/mol. The lowest BCUT2D eigenvalue weighted by Crippen LogP contribution is -2.59. The predicted molar refractivity (Wildman–Crippen MR) is 202 cm³/mol. The Morgan fingerprint density at radius 1 is 0.764 bits per heavy atom. The van der Waals surface area contributed by atoms with Crippen LogP contribution in [0.25, 0.3) is 0 Å². The van der Waals surface area contributed by atoms with Crippen LogP contribution in [0.3, 0.4) is 0 Å². The molecule has 18 nitrogen and oxygen atoms in total. The van der Waals surface area contributed by atoms with Crippen LogP contribution < -0.4 is 38.5 Å². The van der Waals surface area contributed by atoms with Crippen LogP contribution in [0.15, 0.2) is 24.3 Å². The van der Waals surface area contributed by atoms with Crippen LogP contribution in [0.5, 0.6) is 5.75 Å². The van der Waals surface area contributed by atoms with E-state index in [0.29, 0.717) is 50.6 Å². The number of unbranched alkanes of at least 4 members (excludes halogenated alkanes) is 2. The molecule has 55 heavy (non-hydrogen) atoms. The first-order valence-electron chi connectivity index (χ1n) is 19.0. The van der Waals surface area contributed by atoms with Crippen molar-refractivity contribution in [2.24, 2.45) is 23.1 Å². The number of nitrogens with two attached hydrogens (primary N) is 3. The number of amides is 5. The molecule has 2 rings (SSSR count). The zero-order valence-corrected chi connectivity index (χ0v) is 31.8. The molecule has 18 heteroatoms. The molecule has 1 aliphatic heterocycles. The number of rotatable bonds is 25. The second kappa shape index (κ2) is 23.9. The summed E-state index contributed by atoms with van der Waals surface area (Å²) in [6, 6.07) is -1.16. The molecule has 0 aromatic heterocycles. The van der Waals surface area contributed by atoms with Crippen LogP contribution in [0.2, 0.25) is 0 Å². The highest BCUT2D eigenvalue weighted by Gasteiger charge is 2.39. The van der Waals surface area contributed by atoms with E-state index in [1.54, 1.807) is 19.1 Å². The Hall–Kier alpha value is -4.81. The van der Waals surface area contributed by atoms with Gasteiger partial charge in [-0.3, -0.25) is 28.8 Å². The Morgan fingerprint density at radius 2 is 1.25 bits per heavy atom. The average Bonchev–Trinajstić information content (AvgIpc) is 3.66. The number of carboxylic acid groups (broad SMARTS) is 2. The monoisotopic (exact) mass is 776 g/mol. The minimum absolute atomic E-state index is 0.0210. The van der Waals surface area contributed by atoms with Gasteiger partial charge in [-0.15, -0.1) is 0 Å². The van der Waals surface area contributed by atoms with Gasteiger partial charge < -0.3 is 58.7 Å². The second-order valence-electron chi connectivity index (χ2n) is 14.1. The van der Waals surface area contributed by atoms with Crippen molar-refractivity contribution in [2.75, 3.05) is 19.6 Å². The van der Waals surface area contributed by atoms with E-state index in [9.17, 15) is 48.9 Å². The molecule has 7 atom stereocenters. The zero-order chi connectivity index (χ0) is 41.1. The smallest absolute Gasteiger partial charge is 0.326 e. The number of hydrogen-bond acceptors (Lipinski definition) is 11. The number of phenols is 1. The van der Waals surface area contributed by atoms with Crippen molar-refractivity contribution in [3.05, 3.63) is 29.8 Å². The first-order valence-corrected chi connectivity index (χ1v) is 19.0. The first-order chi connectivity index (χ1) is 26.1. The Kier molecular flexibility index (Phi) is 20.1. The molecule has 0 radical (unpaired) electrons. The topological polar surface area (TPSA) is 310 Å². The summed E-state index contributed by atoms with van der Waals surface area (Å²) in [5, 5.41) is 39.5. The zero-order valence-electron chi connectivity index (χ0n) is 31.8. The van der Waals surface area contributed by atoms with Gasteiger partial charge in [-0.05, 0) is 94.5 Å². The number of hydrogen-bond donors (Lipinski definition) is 10. The Labute approximate surface area is 321 Å². The quantitative estimate of drug-likeness (QED) is 0.0558. The molecule has 0 saturated carbocycles. The Bertz CT molecular complexity index is 1450. The molecule has 1 aromatic carbocycles. The SMILES string of the molecule is CC[C@H](C)[C@H](N)C(=O)N[C@@H](CCCCN)C(=O)N[C@@H](CCC(=O)O)C(=O)N[C@@H](CCCCN)C(=O)N[C@@H](Cc1ccc(O)cc1)C(=O)N1CCC[C@H]1C(=O)O. The maximum Gasteiger partial charge on any atom is 0.326 e. The Balaban J connectivity index is 2.38. The summed E-state index contributed by atoms with van der Waals surface area (Å²) < 4.78 is 0. The summed E-state index contributed by atoms with van der Waals surface area (Å²) in [4.78, 5) is 92.9. The van der Waals surface area contributed by atoms with Crippen molar-refractivity contribution in [2.45, 2.75) is 127 Å². The maximum absolute atomic E-state index is 14.0. The van der Waals surface area contributed by atoms with E-state index in [1.807, 2.05) is 6.92 Å². The first kappa shape index (κ1) is 46.3. The van der Waals surface area contributed by atoms with E-state index >= 15 is 0 Å². The number of phenolic OH excluding ortho intramolecular Hbond substituents is 1. The van der Waals surface area contributed by atoms with Crippen LogP contribution in [-0.4, -0.2) is 118 Å². The van der Waals surface area contributed by atoms with Gasteiger partial charge in [-0.25, -0.2) is 4.79 Å². The van der Waals surface area contributed by atoms with E-state index in [-0.39, 0.29) is 56.9 Å². The Morgan fingerprint density at radius 3 is 1.73 bits per heavy atom. The minimum atomic E-state index is -1.44. The van der Waals surface area contributed by atoms with Crippen molar-refractivity contribution in [1.82, 2.24) is 26.2 Å². The summed E-state index contributed by atoms with van der Waals surface area (Å²) in [6.45, 7) is 4.45. The fraction of sp³-hybridized carbons (Fsp3) is 0.649. The summed E-state index contributed by atoms with van der Waals surface area (Å²) in [7, 11) is 0. The molecule has 1 heterocycles. The number of carbonyl (C=O) groups excluding carboxylic acids is 5. The van der Waals surface area contributed by atoms with Crippen molar-refractivity contribution in [3.8, 4) is 5.75 Å². The number of carboxylic acids is 2. The number of carbonyl (C=O) groups is 7. The molecule has 5 amide bonds. The number of nitrogens with zero attached hydrogens (tertiary/aromatic N) is 1. The van der Waals surface area contributed by atoms with Crippen molar-refractivity contribution >= 4 is 41.5 Å². The molecule has 0 spiro atoms. The van der Waals surface area contributed by atoms with E-state index in [2.05, 4.69) is 21.3 Å². The lowest BCUT2D eigenvalue weighted by atomic mass is 9.98. The van der Waals surface area contributed by atoms with Crippen molar-refractivity contribution < 1.29 is 48.9 Å². The molecule has 0 bridgehead atoms. The molecule has 1 aromatic rings. The number of aromatic hydroxyl groups is 1. The van der Waals surface area contributed by atoms with Gasteiger partial charge in [0, 0.05) is 19.4 Å². The average molecular weight is 777 g/mol. The highest BCUT2D eigenvalue weighted by Crippen LogP contribution is 2.21. The summed E-state index contributed by atoms with van der Waals surface area (Å²) in [5.41, 5.74) is 18.0. The highest BCUT2D eigenvalue weighted by atomic mass is 16.4. The highest BCUT2D eigenvalue weighted by molar-refractivity contribution is 5.96. The van der Waals surface area contributed by atoms with Crippen LogP contribution in [0.1, 0.15) is 90.0 Å². The lowest BCUT2D eigenvalue weighted by molar-refractivity contribution is -0.149. The van der Waals surface area contributed by atoms with E-state index in [0.717, 1.165) is 0 Å². The van der Waals surface area contributed by atoms with Crippen LogP contribution >= 0.6 is 0 Å². The van der Waals surface area contributed by atoms with E-state index in [1.165, 1.54) is 17.0 Å². The third kappa shape index (κ3) is 15.5. The largest absolute Gasteiger partial charge is 0.508 e. The van der Waals surface area contributed by atoms with Gasteiger partial charge in [0.25, 0.3) is 0 Å². The summed E-state index contributed by atoms with van der Waals surface area (Å²) in [6.07, 6.45) is 2.44. The third-order valence-corrected chi connectivity index (χ3v) is 9.81. The molecule has 0 aliphatic carbocycles. The van der Waals surface area contributed by atoms with Gasteiger partial charge in [0.1, 0.15) is 36.0 Å². The van der Waals surface area contributed by atoms with Crippen LogP contribution in [-0.2, 0) is 40.0 Å². The normalized spacial score (nSPS) is 17.2. The molecule has 1 aliphatic rings. The number of aliphatic carboxylic acids is 2. The number of benzene rings is 1. The van der Waals surface area contributed by atoms with Gasteiger partial charge in [0.2, 0.25) is 29.5 Å². The van der Waals surface area contributed by atoms with Gasteiger partial charge >= 0.3 is 11.9 Å². The molecule has 0 unspecified atom stereocenters. The maximum atomic E-state index is 14.0. The minimum Gasteiger partial charge on any atom is -0.508 e. The number of likely N-dealkylation sites (tertiary alicyclic amines) is 1. The van der Waals surface area contributed by atoms with Gasteiger partial charge in [0.05, 0.1) is 6.04 Å². The summed E-state index contributed by atoms with van der Waals surface area (Å²) >= 11 is 0. The van der Waals surface area contributed by atoms with Crippen molar-refractivity contribution in [1.29, 1.82) is 0 Å². The molecular formula is C37H60N8O10. The van der Waals surface area contributed by atoms with Crippen LogP contribution in [0, 0.1) is 5.92 Å². The molecule has 1 fully saturated rings. The fourth-order valence-corrected chi connectivity index (χ4v) is 6.21. The molecule has 308 valence electrons. The van der Waals surface area contributed by atoms with E-state index in [4.69, 9.17) is 17.2 Å². The molecule has 13 N–H and O–H groups in total. The van der Waals surface area contributed by atoms with E-state index < -0.39 is 84.1 Å². The predicted octanol–water partition coefficient (Wildman–Crippen LogP) is -0.554. The van der Waals surface area contributed by atoms with Crippen molar-refractivity contribution in [3.63, 3.8) is 0 Å². The second-order valence-corrected chi connectivity index (χ2v) is 14.1. The van der Waals surface area contributed by atoms with Gasteiger partial charge in [-0.1, -0.05) is 32.4 Å². The van der Waals surface area contributed by atoms with Crippen LogP contribution in [0.4, 0.5) is 0 Å². The third-order valence-electron chi connectivity index (χ3n) is 9.81. The summed E-state index contributed by atoms with van der Waals surface area (Å²) in [5.74, 6) is -6.24. The molecule has 1 saturated heterocycles. The standard InChI is InChI=1S/C37H60N8O10/c1-3-22(2)31(40)35(52)43-26(10-5-7-19-39)32(49)42-27(16-17-30(47)48)34(51)41-25(9-4-6-18-38)33(50)44-28(21-23-12-14-24(46)15-13-23)36(53)45-20-8-11-29(45)37(54)55/h12-15,22,25-29,31,46H,3-11,16-21,38-40H2,1-2H3,(H,41,51)(H,42,49)(H,43,52)(H,44,50)(H,47,48)(H,54,55)/t22-,25-,26-,27-,28-,29-,31-/m0/s1. The number of nitrogens with one attached hydrogen (secondary N) is 4. The lowest BCUT2D eigenvalue weighted by Gasteiger charge is -2.29.